The summed E-state index contributed by atoms with van der Waals surface area (Å²) in [6, 6.07) is 0.813. The molecule has 1 N–H and O–H groups in total. The summed E-state index contributed by atoms with van der Waals surface area (Å²) in [6.45, 7) is 4.90. The minimum Gasteiger partial charge on any atom is -0.316 e. The Morgan fingerprint density at radius 3 is 1.94 bits per heavy atom. The van der Waals surface area contributed by atoms with Gasteiger partial charge in [0.1, 0.15) is 0 Å². The zero-order valence-electron chi connectivity index (χ0n) is 11.3. The van der Waals surface area contributed by atoms with E-state index in [0.717, 1.165) is 29.7 Å². The van der Waals surface area contributed by atoms with Crippen LogP contribution in [0.5, 0.6) is 0 Å². The number of hydrogen-bond acceptors (Lipinski definition) is 1. The lowest BCUT2D eigenvalue weighted by Gasteiger charge is -2.39. The van der Waals surface area contributed by atoms with Crippen molar-refractivity contribution >= 4 is 0 Å². The highest BCUT2D eigenvalue weighted by atomic mass is 14.9. The molecule has 0 bridgehead atoms. The molecule has 0 radical (unpaired) electrons. The van der Waals surface area contributed by atoms with E-state index >= 15 is 0 Å². The van der Waals surface area contributed by atoms with E-state index in [1.54, 1.807) is 0 Å². The molecule has 2 rings (SSSR count). The molecule has 0 aliphatic heterocycles. The number of nitrogens with one attached hydrogen (secondary N) is 1. The van der Waals surface area contributed by atoms with Gasteiger partial charge >= 0.3 is 0 Å². The molecule has 0 aromatic carbocycles. The van der Waals surface area contributed by atoms with E-state index in [-0.39, 0.29) is 0 Å². The van der Waals surface area contributed by atoms with E-state index in [9.17, 15) is 0 Å². The van der Waals surface area contributed by atoms with Gasteiger partial charge in [-0.25, -0.2) is 0 Å². The Hall–Kier alpha value is -0.0400. The minimum atomic E-state index is 0.813. The Kier molecular flexibility index (Phi) is 4.29. The fraction of sp³-hybridized carbons (Fsp3) is 1.00. The summed E-state index contributed by atoms with van der Waals surface area (Å²) in [5.41, 5.74) is 0. The minimum absolute atomic E-state index is 0.813. The van der Waals surface area contributed by atoms with Crippen LogP contribution in [0.4, 0.5) is 0 Å². The molecule has 94 valence electrons. The van der Waals surface area contributed by atoms with Crippen LogP contribution in [0, 0.1) is 23.7 Å². The molecule has 0 spiro atoms. The van der Waals surface area contributed by atoms with Gasteiger partial charge in [-0.15, -0.1) is 0 Å². The molecule has 3 unspecified atom stereocenters. The zero-order valence-corrected chi connectivity index (χ0v) is 11.3. The second kappa shape index (κ2) is 5.53. The number of rotatable bonds is 3. The lowest BCUT2D eigenvalue weighted by atomic mass is 9.71. The van der Waals surface area contributed by atoms with Crippen LogP contribution in [0.1, 0.15) is 58.8 Å². The monoisotopic (exact) mass is 223 g/mol. The van der Waals surface area contributed by atoms with Crippen molar-refractivity contribution in [1.29, 1.82) is 0 Å². The van der Waals surface area contributed by atoms with Crippen LogP contribution in [0.2, 0.25) is 0 Å². The third-order valence-corrected chi connectivity index (χ3v) is 4.96. The molecule has 1 heteroatoms. The van der Waals surface area contributed by atoms with Gasteiger partial charge in [0.25, 0.3) is 0 Å². The highest BCUT2D eigenvalue weighted by Gasteiger charge is 2.34. The van der Waals surface area contributed by atoms with Gasteiger partial charge in [-0.2, -0.15) is 0 Å². The first-order valence-electron chi connectivity index (χ1n) is 7.38. The molecule has 3 atom stereocenters. The Labute approximate surface area is 101 Å². The predicted octanol–water partition coefficient (Wildman–Crippen LogP) is 3.84. The molecule has 0 saturated heterocycles. The van der Waals surface area contributed by atoms with Crippen LogP contribution in [0.15, 0.2) is 0 Å². The van der Waals surface area contributed by atoms with E-state index in [0.29, 0.717) is 0 Å². The van der Waals surface area contributed by atoms with E-state index in [1.807, 2.05) is 0 Å². The lowest BCUT2D eigenvalue weighted by molar-refractivity contribution is 0.149. The van der Waals surface area contributed by atoms with E-state index in [4.69, 9.17) is 0 Å². The highest BCUT2D eigenvalue weighted by Crippen LogP contribution is 2.39. The van der Waals surface area contributed by atoms with Crippen molar-refractivity contribution in [2.75, 3.05) is 7.05 Å². The van der Waals surface area contributed by atoms with Crippen molar-refractivity contribution in [3.05, 3.63) is 0 Å². The molecule has 2 aliphatic rings. The summed E-state index contributed by atoms with van der Waals surface area (Å²) in [6.07, 6.45) is 10.3. The van der Waals surface area contributed by atoms with Gasteiger partial charge < -0.3 is 5.32 Å². The summed E-state index contributed by atoms with van der Waals surface area (Å²) >= 11 is 0. The van der Waals surface area contributed by atoms with E-state index in [1.165, 1.54) is 44.9 Å². The molecule has 0 aromatic heterocycles. The summed E-state index contributed by atoms with van der Waals surface area (Å²) in [7, 11) is 2.19. The molecule has 0 heterocycles. The third kappa shape index (κ3) is 2.80. The molecule has 1 nitrogen and oxygen atoms in total. The summed E-state index contributed by atoms with van der Waals surface area (Å²) in [4.78, 5) is 0. The Morgan fingerprint density at radius 1 is 0.875 bits per heavy atom. The van der Waals surface area contributed by atoms with Gasteiger partial charge in [-0.05, 0) is 62.8 Å². The maximum absolute atomic E-state index is 3.65. The Balaban J connectivity index is 1.96. The van der Waals surface area contributed by atoms with Crippen LogP contribution < -0.4 is 5.32 Å². The number of hydrogen-bond donors (Lipinski definition) is 1. The highest BCUT2D eigenvalue weighted by molar-refractivity contribution is 4.89. The Bertz CT molecular complexity index is 197. The smallest absolute Gasteiger partial charge is 0.0121 e. The van der Waals surface area contributed by atoms with Crippen molar-refractivity contribution in [3.63, 3.8) is 0 Å². The van der Waals surface area contributed by atoms with Gasteiger partial charge in [0.05, 0.1) is 0 Å². The van der Waals surface area contributed by atoms with Gasteiger partial charge in [0.2, 0.25) is 0 Å². The van der Waals surface area contributed by atoms with Crippen molar-refractivity contribution in [1.82, 2.24) is 5.32 Å². The molecular formula is C15H29N. The second-order valence-electron chi connectivity index (χ2n) is 6.54. The van der Waals surface area contributed by atoms with E-state index < -0.39 is 0 Å². The molecule has 0 amide bonds. The molecular weight excluding hydrogens is 194 g/mol. The zero-order chi connectivity index (χ0) is 11.5. The topological polar surface area (TPSA) is 12.0 Å². The van der Waals surface area contributed by atoms with Gasteiger partial charge in [-0.3, -0.25) is 0 Å². The molecule has 0 aromatic rings. The van der Waals surface area contributed by atoms with Crippen LogP contribution in [-0.2, 0) is 0 Å². The van der Waals surface area contributed by atoms with Gasteiger partial charge in [0.15, 0.2) is 0 Å². The maximum Gasteiger partial charge on any atom is 0.0121 e. The first-order valence-corrected chi connectivity index (χ1v) is 7.38. The first-order chi connectivity index (χ1) is 7.70. The van der Waals surface area contributed by atoms with Crippen LogP contribution in [-0.4, -0.2) is 13.1 Å². The van der Waals surface area contributed by atoms with Crippen LogP contribution in [0.3, 0.4) is 0 Å². The first kappa shape index (κ1) is 12.4. The summed E-state index contributed by atoms with van der Waals surface area (Å²) in [5, 5.41) is 3.65. The summed E-state index contributed by atoms with van der Waals surface area (Å²) in [5.74, 6) is 3.83. The van der Waals surface area contributed by atoms with E-state index in [2.05, 4.69) is 26.2 Å². The normalized spacial score (nSPS) is 38.8. The summed E-state index contributed by atoms with van der Waals surface area (Å²) < 4.78 is 0. The average Bonchev–Trinajstić information content (AvgIpc) is 2.70. The largest absolute Gasteiger partial charge is 0.316 e. The average molecular weight is 223 g/mol. The van der Waals surface area contributed by atoms with Crippen molar-refractivity contribution < 1.29 is 0 Å². The van der Waals surface area contributed by atoms with Gasteiger partial charge in [-0.1, -0.05) is 26.7 Å². The standard InChI is InChI=1S/C15H29N/c1-11-8-12(2)10-14(9-11)15(16-3)13-6-4-5-7-13/h11-16H,4-10H2,1-3H3. The fourth-order valence-corrected chi connectivity index (χ4v) is 4.48. The SMILES string of the molecule is CNC(C1CCCC1)C1CC(C)CC(C)C1. The third-order valence-electron chi connectivity index (χ3n) is 4.96. The quantitative estimate of drug-likeness (QED) is 0.766. The second-order valence-corrected chi connectivity index (χ2v) is 6.54. The van der Waals surface area contributed by atoms with Crippen molar-refractivity contribution in [3.8, 4) is 0 Å². The van der Waals surface area contributed by atoms with Crippen molar-refractivity contribution in [2.45, 2.75) is 64.8 Å². The molecule has 2 aliphatic carbocycles. The maximum atomic E-state index is 3.65. The Morgan fingerprint density at radius 2 is 1.44 bits per heavy atom. The molecule has 2 fully saturated rings. The van der Waals surface area contributed by atoms with Crippen molar-refractivity contribution in [2.24, 2.45) is 23.7 Å². The fourth-order valence-electron chi connectivity index (χ4n) is 4.48. The van der Waals surface area contributed by atoms with Crippen LogP contribution in [0.25, 0.3) is 0 Å². The van der Waals surface area contributed by atoms with Gasteiger partial charge in [0, 0.05) is 6.04 Å². The lowest BCUT2D eigenvalue weighted by Crippen LogP contribution is -2.42. The molecule has 2 saturated carbocycles. The predicted molar refractivity (Wildman–Crippen MR) is 70.5 cm³/mol. The molecule has 16 heavy (non-hydrogen) atoms. The van der Waals surface area contributed by atoms with Crippen LogP contribution >= 0.6 is 0 Å².